The summed E-state index contributed by atoms with van der Waals surface area (Å²) in [5, 5.41) is 15.8. The average Bonchev–Trinajstić information content (AvgIpc) is 3.28. The van der Waals surface area contributed by atoms with Crippen molar-refractivity contribution in [3.8, 4) is 11.5 Å². The van der Waals surface area contributed by atoms with Crippen LogP contribution in [0.15, 0.2) is 12.1 Å². The van der Waals surface area contributed by atoms with Gasteiger partial charge in [-0.1, -0.05) is 26.8 Å². The second kappa shape index (κ2) is 5.36. The van der Waals surface area contributed by atoms with Crippen LogP contribution in [-0.2, 0) is 16.6 Å². The molecule has 2 spiro atoms. The third kappa shape index (κ3) is 1.74. The highest BCUT2D eigenvalue weighted by atomic mass is 16.6. The number of methoxy groups -OCH3 is 2. The molecule has 0 amide bonds. The Bertz CT molecular complexity index is 936. The lowest BCUT2D eigenvalue weighted by atomic mass is 9.46. The van der Waals surface area contributed by atoms with Crippen LogP contribution in [-0.4, -0.2) is 49.2 Å². The molecule has 6 rings (SSSR count). The Labute approximate surface area is 179 Å². The molecule has 2 N–H and O–H groups in total. The molecule has 3 unspecified atom stereocenters. The van der Waals surface area contributed by atoms with E-state index in [2.05, 4.69) is 38.2 Å². The van der Waals surface area contributed by atoms with E-state index in [0.717, 1.165) is 43.7 Å². The van der Waals surface area contributed by atoms with E-state index in [4.69, 9.17) is 14.2 Å². The fraction of sp³-hybridized carbons (Fsp3) is 0.760. The molecule has 4 bridgehead atoms. The molecule has 1 aromatic carbocycles. The topological polar surface area (TPSA) is 60.0 Å². The number of fused-ring (bicyclic) bond motifs is 2. The number of hydrogen-bond acceptors (Lipinski definition) is 5. The quantitative estimate of drug-likeness (QED) is 0.797. The van der Waals surface area contributed by atoms with E-state index >= 15 is 0 Å². The Morgan fingerprint density at radius 3 is 2.63 bits per heavy atom. The van der Waals surface area contributed by atoms with Gasteiger partial charge in [-0.3, -0.25) is 0 Å². The third-order valence-corrected chi connectivity index (χ3v) is 10.2. The number of nitrogens with one attached hydrogen (secondary N) is 1. The largest absolute Gasteiger partial charge is 0.493 e. The summed E-state index contributed by atoms with van der Waals surface area (Å²) in [6.45, 7) is 9.44. The average molecular weight is 414 g/mol. The normalized spacial score (nSPS) is 44.4. The Hall–Kier alpha value is -1.30. The highest BCUT2D eigenvalue weighted by Crippen LogP contribution is 2.80. The third-order valence-electron chi connectivity index (χ3n) is 10.2. The molecule has 1 aromatic rings. The van der Waals surface area contributed by atoms with Crippen LogP contribution >= 0.6 is 0 Å². The number of hydrogen-bond donors (Lipinski definition) is 2. The number of rotatable bonds is 3. The van der Waals surface area contributed by atoms with E-state index < -0.39 is 11.2 Å². The first-order chi connectivity index (χ1) is 14.1. The summed E-state index contributed by atoms with van der Waals surface area (Å²) in [5.74, 6) is 1.77. The van der Waals surface area contributed by atoms with Gasteiger partial charge in [-0.2, -0.15) is 0 Å². The van der Waals surface area contributed by atoms with Gasteiger partial charge in [0.05, 0.1) is 12.7 Å². The van der Waals surface area contributed by atoms with E-state index in [1.165, 1.54) is 11.1 Å². The maximum atomic E-state index is 11.9. The van der Waals surface area contributed by atoms with Gasteiger partial charge in [0.1, 0.15) is 11.7 Å². The maximum Gasteiger partial charge on any atom is 0.165 e. The van der Waals surface area contributed by atoms with Crippen LogP contribution in [0.25, 0.3) is 0 Å². The molecule has 3 fully saturated rings. The lowest BCUT2D eigenvalue weighted by molar-refractivity contribution is -0.208. The van der Waals surface area contributed by atoms with Crippen LogP contribution < -0.4 is 14.8 Å². The maximum absolute atomic E-state index is 11.9. The number of piperidine rings is 1. The second-order valence-corrected chi connectivity index (χ2v) is 11.7. The smallest absolute Gasteiger partial charge is 0.165 e. The summed E-state index contributed by atoms with van der Waals surface area (Å²) in [7, 11) is 3.56. The molecule has 2 aliphatic heterocycles. The summed E-state index contributed by atoms with van der Waals surface area (Å²) in [6, 6.07) is 4.69. The Balaban J connectivity index is 1.62. The number of aliphatic hydroxyl groups is 1. The molecule has 5 nitrogen and oxygen atoms in total. The molecule has 0 aromatic heterocycles. The van der Waals surface area contributed by atoms with Gasteiger partial charge in [-0.05, 0) is 56.2 Å². The first kappa shape index (κ1) is 19.4. The van der Waals surface area contributed by atoms with Crippen LogP contribution in [0.4, 0.5) is 0 Å². The SMILES string of the molecule is COc1ccc2c3c1O[C@@H]1C34CCNC(C2)[C@@]42C[C@H](C(C)(O)C(C)(C)C)[C@]1(OC)C2. The van der Waals surface area contributed by atoms with Crippen molar-refractivity contribution in [1.29, 1.82) is 0 Å². The van der Waals surface area contributed by atoms with Gasteiger partial charge in [-0.15, -0.1) is 0 Å². The standard InChI is InChI=1S/C25H35NO4/c1-21(2,3)22(4,27)16-12-23-13-25(16,29-6)20-24(23)9-10-26-17(23)11-14-7-8-15(28-5)19(30-20)18(14)24/h7-8,16-17,20,26-27H,9-13H2,1-6H3/t16-,17?,20-,22?,23+,24?,25-/m1/s1. The predicted octanol–water partition coefficient (Wildman–Crippen LogP) is 3.20. The summed E-state index contributed by atoms with van der Waals surface area (Å²) in [6.07, 6.45) is 3.90. The van der Waals surface area contributed by atoms with Gasteiger partial charge in [-0.25, -0.2) is 0 Å². The highest BCUT2D eigenvalue weighted by molar-refractivity contribution is 5.64. The molecule has 5 heteroatoms. The molecule has 2 heterocycles. The minimum atomic E-state index is -0.870. The Morgan fingerprint density at radius 2 is 1.97 bits per heavy atom. The first-order valence-electron chi connectivity index (χ1n) is 11.5. The second-order valence-electron chi connectivity index (χ2n) is 11.7. The lowest BCUT2D eigenvalue weighted by Gasteiger charge is -2.61. The summed E-state index contributed by atoms with van der Waals surface area (Å²) in [4.78, 5) is 0. The first-order valence-corrected chi connectivity index (χ1v) is 11.5. The lowest BCUT2D eigenvalue weighted by Crippen LogP contribution is -2.71. The predicted molar refractivity (Wildman–Crippen MR) is 114 cm³/mol. The van der Waals surface area contributed by atoms with Crippen molar-refractivity contribution in [2.45, 2.75) is 82.1 Å². The zero-order valence-electron chi connectivity index (χ0n) is 19.1. The monoisotopic (exact) mass is 413 g/mol. The highest BCUT2D eigenvalue weighted by Gasteiger charge is 2.86. The van der Waals surface area contributed by atoms with Crippen molar-refractivity contribution < 1.29 is 19.3 Å². The van der Waals surface area contributed by atoms with Crippen molar-refractivity contribution in [2.24, 2.45) is 16.7 Å². The van der Waals surface area contributed by atoms with Crippen LogP contribution in [0.5, 0.6) is 11.5 Å². The van der Waals surface area contributed by atoms with Gasteiger partial charge in [0.15, 0.2) is 11.5 Å². The van der Waals surface area contributed by atoms with Crippen LogP contribution in [0.1, 0.15) is 58.1 Å². The molecular formula is C25H35NO4. The van der Waals surface area contributed by atoms with Gasteiger partial charge in [0.25, 0.3) is 0 Å². The van der Waals surface area contributed by atoms with Crippen molar-refractivity contribution in [3.05, 3.63) is 23.3 Å². The Morgan fingerprint density at radius 1 is 1.20 bits per heavy atom. The minimum absolute atomic E-state index is 0.0115. The summed E-state index contributed by atoms with van der Waals surface area (Å²) >= 11 is 0. The molecule has 2 saturated carbocycles. The van der Waals surface area contributed by atoms with Crippen LogP contribution in [0.2, 0.25) is 0 Å². The van der Waals surface area contributed by atoms with E-state index in [9.17, 15) is 5.11 Å². The number of ether oxygens (including phenoxy) is 3. The van der Waals surface area contributed by atoms with Crippen molar-refractivity contribution in [1.82, 2.24) is 5.32 Å². The fourth-order valence-electron chi connectivity index (χ4n) is 8.48. The van der Waals surface area contributed by atoms with Crippen molar-refractivity contribution in [3.63, 3.8) is 0 Å². The molecule has 1 saturated heterocycles. The molecule has 164 valence electrons. The van der Waals surface area contributed by atoms with Gasteiger partial charge >= 0.3 is 0 Å². The van der Waals surface area contributed by atoms with E-state index in [1.807, 2.05) is 14.0 Å². The molecular weight excluding hydrogens is 378 g/mol. The zero-order valence-corrected chi connectivity index (χ0v) is 19.1. The molecule has 7 atom stereocenters. The van der Waals surface area contributed by atoms with Gasteiger partial charge in [0.2, 0.25) is 0 Å². The molecule has 30 heavy (non-hydrogen) atoms. The van der Waals surface area contributed by atoms with Crippen LogP contribution in [0.3, 0.4) is 0 Å². The summed E-state index contributed by atoms with van der Waals surface area (Å²) < 4.78 is 19.1. The van der Waals surface area contributed by atoms with Gasteiger partial charge < -0.3 is 24.6 Å². The summed E-state index contributed by atoms with van der Waals surface area (Å²) in [5.41, 5.74) is 1.13. The van der Waals surface area contributed by atoms with E-state index in [-0.39, 0.29) is 28.3 Å². The van der Waals surface area contributed by atoms with E-state index in [1.54, 1.807) is 7.11 Å². The minimum Gasteiger partial charge on any atom is -0.493 e. The van der Waals surface area contributed by atoms with Crippen LogP contribution in [0, 0.1) is 16.7 Å². The number of benzene rings is 1. The molecule has 0 radical (unpaired) electrons. The van der Waals surface area contributed by atoms with E-state index in [0.29, 0.717) is 6.04 Å². The molecule has 5 aliphatic rings. The van der Waals surface area contributed by atoms with Crippen molar-refractivity contribution >= 4 is 0 Å². The van der Waals surface area contributed by atoms with Gasteiger partial charge in [0, 0.05) is 35.5 Å². The zero-order chi connectivity index (χ0) is 21.3. The van der Waals surface area contributed by atoms with Crippen molar-refractivity contribution in [2.75, 3.05) is 20.8 Å². The Kier molecular flexibility index (Phi) is 3.46. The fourth-order valence-corrected chi connectivity index (χ4v) is 8.48. The molecule has 3 aliphatic carbocycles.